The van der Waals surface area contributed by atoms with Crippen LogP contribution in [0.1, 0.15) is 12.8 Å². The van der Waals surface area contributed by atoms with Crippen LogP contribution in [-0.4, -0.2) is 37.6 Å². The maximum absolute atomic E-state index is 12.3. The molecule has 19 heavy (non-hydrogen) atoms. The summed E-state index contributed by atoms with van der Waals surface area (Å²) < 4.78 is 31.4. The van der Waals surface area contributed by atoms with Crippen molar-refractivity contribution >= 4 is 22.6 Å². The highest BCUT2D eigenvalue weighted by Crippen LogP contribution is 2.21. The quantitative estimate of drug-likeness (QED) is 0.723. The van der Waals surface area contributed by atoms with Gasteiger partial charge in [-0.25, -0.2) is 8.78 Å². The van der Waals surface area contributed by atoms with Crippen LogP contribution >= 0.6 is 22.6 Å². The van der Waals surface area contributed by atoms with Crippen LogP contribution in [-0.2, 0) is 0 Å². The van der Waals surface area contributed by atoms with Crippen LogP contribution < -0.4 is 4.74 Å². The van der Waals surface area contributed by atoms with E-state index in [4.69, 9.17) is 4.74 Å². The van der Waals surface area contributed by atoms with Gasteiger partial charge in [0.15, 0.2) is 0 Å². The first kappa shape index (κ1) is 15.0. The van der Waals surface area contributed by atoms with E-state index in [0.717, 1.165) is 35.3 Å². The number of halogens is 3. The molecule has 5 heteroatoms. The van der Waals surface area contributed by atoms with Gasteiger partial charge in [-0.3, -0.25) is 4.90 Å². The largest absolute Gasteiger partial charge is 0.493 e. The number of hydrogen-bond acceptors (Lipinski definition) is 2. The molecule has 2 rings (SSSR count). The zero-order valence-electron chi connectivity index (χ0n) is 10.7. The number of likely N-dealkylation sites (tertiary alicyclic amines) is 1. The summed E-state index contributed by atoms with van der Waals surface area (Å²) >= 11 is 2.26. The lowest BCUT2D eigenvalue weighted by atomic mass is 9.98. The Labute approximate surface area is 126 Å². The highest BCUT2D eigenvalue weighted by molar-refractivity contribution is 14.1. The van der Waals surface area contributed by atoms with Gasteiger partial charge in [0.25, 0.3) is 6.43 Å². The van der Waals surface area contributed by atoms with E-state index in [0.29, 0.717) is 12.5 Å². The molecule has 0 unspecified atom stereocenters. The summed E-state index contributed by atoms with van der Waals surface area (Å²) in [5, 5.41) is 0. The van der Waals surface area contributed by atoms with Gasteiger partial charge in [0, 0.05) is 3.57 Å². The van der Waals surface area contributed by atoms with Gasteiger partial charge in [-0.1, -0.05) is 6.07 Å². The summed E-state index contributed by atoms with van der Waals surface area (Å²) in [6.07, 6.45) is -0.341. The molecule has 0 radical (unpaired) electrons. The lowest BCUT2D eigenvalue weighted by molar-refractivity contribution is 0.0620. The molecule has 1 heterocycles. The lowest BCUT2D eigenvalue weighted by Crippen LogP contribution is -2.38. The molecule has 0 aliphatic carbocycles. The minimum Gasteiger partial charge on any atom is -0.493 e. The Bertz CT molecular complexity index is 395. The first-order valence-corrected chi connectivity index (χ1v) is 7.60. The van der Waals surface area contributed by atoms with E-state index in [1.54, 1.807) is 0 Å². The first-order valence-electron chi connectivity index (χ1n) is 6.52. The van der Waals surface area contributed by atoms with Crippen molar-refractivity contribution in [3.63, 3.8) is 0 Å². The van der Waals surface area contributed by atoms with Gasteiger partial charge >= 0.3 is 0 Å². The third-order valence-corrected chi connectivity index (χ3v) is 4.06. The Hall–Kier alpha value is -0.430. The van der Waals surface area contributed by atoms with Crippen molar-refractivity contribution in [3.8, 4) is 5.75 Å². The van der Waals surface area contributed by atoms with E-state index in [1.807, 2.05) is 29.2 Å². The van der Waals surface area contributed by atoms with Crippen LogP contribution in [0.2, 0.25) is 0 Å². The number of ether oxygens (including phenoxy) is 1. The molecule has 2 nitrogen and oxygen atoms in total. The van der Waals surface area contributed by atoms with Crippen molar-refractivity contribution in [2.24, 2.45) is 5.92 Å². The van der Waals surface area contributed by atoms with E-state index in [9.17, 15) is 8.78 Å². The van der Waals surface area contributed by atoms with Gasteiger partial charge in [-0.05, 0) is 72.6 Å². The fourth-order valence-electron chi connectivity index (χ4n) is 2.30. The standard InChI is InChI=1S/C14H18F2INO/c15-14(16)9-18-6-4-11(5-7-18)10-19-13-3-1-2-12(17)8-13/h1-3,8,11,14H,4-7,9-10H2. The summed E-state index contributed by atoms with van der Waals surface area (Å²) in [4.78, 5) is 1.84. The number of piperidine rings is 1. The molecule has 1 aliphatic heterocycles. The molecule has 0 bridgehead atoms. The predicted octanol–water partition coefficient (Wildman–Crippen LogP) is 3.65. The molecule has 0 spiro atoms. The SMILES string of the molecule is FC(F)CN1CCC(COc2cccc(I)c2)CC1. The molecule has 0 saturated carbocycles. The number of hydrogen-bond donors (Lipinski definition) is 0. The fraction of sp³-hybridized carbons (Fsp3) is 0.571. The van der Waals surface area contributed by atoms with E-state index < -0.39 is 6.43 Å². The van der Waals surface area contributed by atoms with E-state index >= 15 is 0 Å². The van der Waals surface area contributed by atoms with Crippen LogP contribution in [0.15, 0.2) is 24.3 Å². The van der Waals surface area contributed by atoms with Crippen molar-refractivity contribution in [1.82, 2.24) is 4.90 Å². The van der Waals surface area contributed by atoms with Crippen molar-refractivity contribution in [2.75, 3.05) is 26.2 Å². The second-order valence-electron chi connectivity index (χ2n) is 4.90. The normalized spacial score (nSPS) is 17.9. The van der Waals surface area contributed by atoms with Gasteiger partial charge in [0.2, 0.25) is 0 Å². The van der Waals surface area contributed by atoms with Crippen molar-refractivity contribution in [2.45, 2.75) is 19.3 Å². The summed E-state index contributed by atoms with van der Waals surface area (Å²) in [6, 6.07) is 7.96. The average Bonchev–Trinajstić information content (AvgIpc) is 2.37. The monoisotopic (exact) mass is 381 g/mol. The second kappa shape index (κ2) is 7.38. The van der Waals surface area contributed by atoms with Gasteiger partial charge in [0.1, 0.15) is 5.75 Å². The summed E-state index contributed by atoms with van der Waals surface area (Å²) in [5.74, 6) is 1.37. The Balaban J connectivity index is 1.71. The third kappa shape index (κ3) is 5.22. The molecule has 1 fully saturated rings. The topological polar surface area (TPSA) is 12.5 Å². The predicted molar refractivity (Wildman–Crippen MR) is 79.8 cm³/mol. The maximum Gasteiger partial charge on any atom is 0.251 e. The Morgan fingerprint density at radius 1 is 1.32 bits per heavy atom. The highest BCUT2D eigenvalue weighted by atomic mass is 127. The smallest absolute Gasteiger partial charge is 0.251 e. The van der Waals surface area contributed by atoms with Gasteiger partial charge < -0.3 is 4.74 Å². The second-order valence-corrected chi connectivity index (χ2v) is 6.15. The molecule has 0 N–H and O–H groups in total. The van der Waals surface area contributed by atoms with Crippen LogP contribution in [0.4, 0.5) is 8.78 Å². The minimum atomic E-state index is -2.22. The molecule has 106 valence electrons. The Morgan fingerprint density at radius 3 is 2.68 bits per heavy atom. The number of rotatable bonds is 5. The lowest BCUT2D eigenvalue weighted by Gasteiger charge is -2.31. The minimum absolute atomic E-state index is 0.0928. The van der Waals surface area contributed by atoms with Crippen molar-refractivity contribution < 1.29 is 13.5 Å². The first-order chi connectivity index (χ1) is 9.13. The molecule has 1 saturated heterocycles. The van der Waals surface area contributed by atoms with Gasteiger partial charge in [0.05, 0.1) is 13.2 Å². The number of alkyl halides is 2. The molecule has 1 aromatic rings. The van der Waals surface area contributed by atoms with Crippen LogP contribution in [0, 0.1) is 9.49 Å². The molecule has 0 amide bonds. The molecule has 1 aromatic carbocycles. The van der Waals surface area contributed by atoms with Gasteiger partial charge in [-0.15, -0.1) is 0 Å². The van der Waals surface area contributed by atoms with Crippen LogP contribution in [0.5, 0.6) is 5.75 Å². The summed E-state index contributed by atoms with van der Waals surface area (Å²) in [5.41, 5.74) is 0. The van der Waals surface area contributed by atoms with E-state index in [1.165, 1.54) is 0 Å². The zero-order chi connectivity index (χ0) is 13.7. The van der Waals surface area contributed by atoms with Gasteiger partial charge in [-0.2, -0.15) is 0 Å². The molecule has 1 aliphatic rings. The fourth-order valence-corrected chi connectivity index (χ4v) is 2.82. The summed E-state index contributed by atoms with van der Waals surface area (Å²) in [7, 11) is 0. The Kier molecular flexibility index (Phi) is 5.81. The summed E-state index contributed by atoms with van der Waals surface area (Å²) in [6.45, 7) is 2.10. The van der Waals surface area contributed by atoms with Crippen molar-refractivity contribution in [3.05, 3.63) is 27.8 Å². The van der Waals surface area contributed by atoms with E-state index in [-0.39, 0.29) is 6.54 Å². The number of benzene rings is 1. The number of nitrogens with zero attached hydrogens (tertiary/aromatic N) is 1. The van der Waals surface area contributed by atoms with Crippen molar-refractivity contribution in [1.29, 1.82) is 0 Å². The zero-order valence-corrected chi connectivity index (χ0v) is 12.9. The maximum atomic E-state index is 12.3. The Morgan fingerprint density at radius 2 is 2.05 bits per heavy atom. The van der Waals surface area contributed by atoms with Crippen LogP contribution in [0.3, 0.4) is 0 Å². The van der Waals surface area contributed by atoms with E-state index in [2.05, 4.69) is 22.6 Å². The van der Waals surface area contributed by atoms with Crippen LogP contribution in [0.25, 0.3) is 0 Å². The molecule has 0 aromatic heterocycles. The molecule has 0 atom stereocenters. The third-order valence-electron chi connectivity index (χ3n) is 3.39. The molecular weight excluding hydrogens is 363 g/mol. The molecular formula is C14H18F2INO. The average molecular weight is 381 g/mol. The highest BCUT2D eigenvalue weighted by Gasteiger charge is 2.21.